The van der Waals surface area contributed by atoms with Gasteiger partial charge < -0.3 is 25.1 Å². The number of carboxylic acid groups (broad SMARTS) is 1. The van der Waals surface area contributed by atoms with Crippen LogP contribution in [0.25, 0.3) is 11.1 Å². The van der Waals surface area contributed by atoms with Crippen LogP contribution < -0.4 is 19.9 Å². The molecule has 1 aromatic heterocycles. The van der Waals surface area contributed by atoms with E-state index in [1.54, 1.807) is 24.4 Å². The van der Waals surface area contributed by atoms with Gasteiger partial charge in [-0.3, -0.25) is 24.4 Å². The summed E-state index contributed by atoms with van der Waals surface area (Å²) in [5.41, 5.74) is 12.8. The topological polar surface area (TPSA) is 151 Å². The maximum atomic E-state index is 12.1. The van der Waals surface area contributed by atoms with Crippen LogP contribution in [-0.4, -0.2) is 70.1 Å². The second kappa shape index (κ2) is 19.1. The van der Waals surface area contributed by atoms with E-state index in [0.717, 1.165) is 96.3 Å². The Kier molecular flexibility index (Phi) is 13.8. The Labute approximate surface area is 333 Å². The summed E-state index contributed by atoms with van der Waals surface area (Å²) in [4.78, 5) is 32.3. The molecule has 0 radical (unpaired) electrons. The zero-order valence-corrected chi connectivity index (χ0v) is 32.9. The van der Waals surface area contributed by atoms with Crippen molar-refractivity contribution < 1.29 is 28.9 Å². The molecule has 1 unspecified atom stereocenters. The van der Waals surface area contributed by atoms with E-state index < -0.39 is 12.0 Å². The van der Waals surface area contributed by atoms with Gasteiger partial charge in [0.15, 0.2) is 0 Å². The molecule has 2 aliphatic rings. The normalized spacial score (nSPS) is 17.5. The molecule has 56 heavy (non-hydrogen) atoms. The van der Waals surface area contributed by atoms with Crippen LogP contribution in [0.4, 0.5) is 0 Å². The zero-order chi connectivity index (χ0) is 39.6. The van der Waals surface area contributed by atoms with Gasteiger partial charge >= 0.3 is 5.97 Å². The first-order valence-electron chi connectivity index (χ1n) is 19.4. The first kappa shape index (κ1) is 40.5. The second-order valence-corrected chi connectivity index (χ2v) is 15.1. The van der Waals surface area contributed by atoms with E-state index in [4.69, 9.17) is 31.5 Å². The number of pyridine rings is 1. The van der Waals surface area contributed by atoms with Crippen molar-refractivity contribution in [1.29, 1.82) is 5.26 Å². The van der Waals surface area contributed by atoms with Gasteiger partial charge in [-0.2, -0.15) is 5.26 Å². The minimum absolute atomic E-state index is 0.149. The number of benzene rings is 3. The Hall–Kier alpha value is -5.15. The van der Waals surface area contributed by atoms with E-state index in [0.29, 0.717) is 48.2 Å². The molecule has 0 spiro atoms. The molecule has 4 aromatic rings. The molecule has 3 aromatic carbocycles. The fraction of sp³-hybridized carbons (Fsp3) is 0.409. The number of likely N-dealkylation sites (tertiary alicyclic amines) is 2. The number of hydrogen-bond donors (Lipinski definition) is 2. The Morgan fingerprint density at radius 2 is 1.57 bits per heavy atom. The van der Waals surface area contributed by atoms with Crippen LogP contribution in [0.3, 0.4) is 0 Å². The van der Waals surface area contributed by atoms with Crippen LogP contribution in [0.15, 0.2) is 67.0 Å². The third kappa shape index (κ3) is 9.98. The Morgan fingerprint density at radius 3 is 2.32 bits per heavy atom. The molecular formula is C44H50ClN5O6. The van der Waals surface area contributed by atoms with Crippen molar-refractivity contribution >= 4 is 23.5 Å². The lowest BCUT2D eigenvalue weighted by molar-refractivity contribution is -0.144. The standard InChI is InChI=1S/C44H50ClN5O6/c1-29-33(10-7-11-35(29)36-12-8-15-40(30(36)2)54-19-9-18-49-16-5-3-13-38(49)43(47)51)28-56-42-22-41(55-27-32-20-31(23-46)24-48-25-32)34(21-37(42)45)26-50-17-6-4-14-39(50)44(52)53/h7-8,10-12,15,20-22,24-25,38-39H,3-6,9,13-14,16-19,26-28H2,1-2H3,(H2,47,51)(H,52,53)/t38?,39-/m0/s1. The molecule has 3 N–H and O–H groups in total. The summed E-state index contributed by atoms with van der Waals surface area (Å²) < 4.78 is 19.0. The minimum atomic E-state index is -0.839. The number of piperidine rings is 2. The van der Waals surface area contributed by atoms with Crippen LogP contribution in [0.1, 0.15) is 78.3 Å². The van der Waals surface area contributed by atoms with Gasteiger partial charge in [0, 0.05) is 42.7 Å². The molecule has 6 rings (SSSR count). The number of amides is 1. The Balaban J connectivity index is 1.17. The quantitative estimate of drug-likeness (QED) is 0.109. The van der Waals surface area contributed by atoms with E-state index >= 15 is 0 Å². The number of primary amides is 1. The number of nitrogens with zero attached hydrogens (tertiary/aromatic N) is 4. The van der Waals surface area contributed by atoms with Gasteiger partial charge in [0.2, 0.25) is 5.91 Å². The van der Waals surface area contributed by atoms with Crippen molar-refractivity contribution in [3.8, 4) is 34.4 Å². The lowest BCUT2D eigenvalue weighted by Gasteiger charge is -2.33. The summed E-state index contributed by atoms with van der Waals surface area (Å²) in [6.07, 6.45) is 9.24. The van der Waals surface area contributed by atoms with Gasteiger partial charge in [-0.05, 0) is 105 Å². The van der Waals surface area contributed by atoms with Gasteiger partial charge in [0.1, 0.15) is 42.6 Å². The van der Waals surface area contributed by atoms with Gasteiger partial charge in [-0.1, -0.05) is 54.8 Å². The van der Waals surface area contributed by atoms with Gasteiger partial charge in [0.25, 0.3) is 0 Å². The molecule has 0 bridgehead atoms. The number of nitriles is 1. The summed E-state index contributed by atoms with van der Waals surface area (Å²) in [6, 6.07) is 18.9. The number of nitrogens with two attached hydrogens (primary N) is 1. The maximum Gasteiger partial charge on any atom is 0.320 e. The molecule has 1 amide bonds. The maximum absolute atomic E-state index is 12.1. The van der Waals surface area contributed by atoms with Gasteiger partial charge in [-0.25, -0.2) is 0 Å². The van der Waals surface area contributed by atoms with E-state index in [9.17, 15) is 20.0 Å². The number of carboxylic acids is 1. The summed E-state index contributed by atoms with van der Waals surface area (Å²) in [6.45, 7) is 7.74. The fourth-order valence-electron chi connectivity index (χ4n) is 7.79. The number of aliphatic carboxylic acids is 1. The third-order valence-corrected chi connectivity index (χ3v) is 11.2. The zero-order valence-electron chi connectivity index (χ0n) is 32.1. The van der Waals surface area contributed by atoms with E-state index in [-0.39, 0.29) is 25.2 Å². The molecule has 294 valence electrons. The van der Waals surface area contributed by atoms with Crippen LogP contribution in [0.5, 0.6) is 17.2 Å². The number of carbonyl (C=O) groups is 2. The predicted octanol–water partition coefficient (Wildman–Crippen LogP) is 7.60. The lowest BCUT2D eigenvalue weighted by Crippen LogP contribution is -2.48. The number of rotatable bonds is 16. The third-order valence-electron chi connectivity index (χ3n) is 10.9. The smallest absolute Gasteiger partial charge is 0.320 e. The molecule has 3 heterocycles. The first-order valence-corrected chi connectivity index (χ1v) is 19.7. The monoisotopic (exact) mass is 779 g/mol. The number of ether oxygens (including phenoxy) is 3. The van der Waals surface area contributed by atoms with Gasteiger partial charge in [0.05, 0.1) is 23.2 Å². The SMILES string of the molecule is Cc1c(COc2cc(OCc3cncc(C#N)c3)c(CN3CCCC[C@H]3C(=O)O)cc2Cl)cccc1-c1cccc(OCCCN2CCCCC2C(N)=O)c1C. The van der Waals surface area contributed by atoms with Crippen LogP contribution >= 0.6 is 11.6 Å². The molecule has 11 nitrogen and oxygen atoms in total. The Bertz CT molecular complexity index is 2070. The number of carbonyl (C=O) groups excluding carboxylic acids is 1. The van der Waals surface area contributed by atoms with E-state index in [2.05, 4.69) is 41.9 Å². The minimum Gasteiger partial charge on any atom is -0.493 e. The molecule has 2 atom stereocenters. The molecular weight excluding hydrogens is 730 g/mol. The lowest BCUT2D eigenvalue weighted by atomic mass is 9.93. The highest BCUT2D eigenvalue weighted by Crippen LogP contribution is 2.37. The highest BCUT2D eigenvalue weighted by Gasteiger charge is 2.30. The largest absolute Gasteiger partial charge is 0.493 e. The Morgan fingerprint density at radius 1 is 0.857 bits per heavy atom. The van der Waals surface area contributed by atoms with Crippen LogP contribution in [0, 0.1) is 25.2 Å². The highest BCUT2D eigenvalue weighted by atomic mass is 35.5. The summed E-state index contributed by atoms with van der Waals surface area (Å²) in [5, 5.41) is 19.7. The van der Waals surface area contributed by atoms with Crippen LogP contribution in [0.2, 0.25) is 5.02 Å². The summed E-state index contributed by atoms with van der Waals surface area (Å²) in [7, 11) is 0. The summed E-state index contributed by atoms with van der Waals surface area (Å²) in [5.74, 6) is 0.691. The molecule has 2 saturated heterocycles. The summed E-state index contributed by atoms with van der Waals surface area (Å²) >= 11 is 6.86. The number of aromatic nitrogens is 1. The fourth-order valence-corrected chi connectivity index (χ4v) is 8.03. The highest BCUT2D eigenvalue weighted by molar-refractivity contribution is 6.32. The molecule has 0 saturated carbocycles. The average Bonchev–Trinajstić information content (AvgIpc) is 3.20. The van der Waals surface area contributed by atoms with Crippen molar-refractivity contribution in [1.82, 2.24) is 14.8 Å². The number of hydrogen-bond acceptors (Lipinski definition) is 9. The van der Waals surface area contributed by atoms with Crippen LogP contribution in [-0.2, 0) is 29.3 Å². The van der Waals surface area contributed by atoms with Gasteiger partial charge in [-0.15, -0.1) is 0 Å². The molecule has 12 heteroatoms. The second-order valence-electron chi connectivity index (χ2n) is 14.7. The van der Waals surface area contributed by atoms with Crippen molar-refractivity contribution in [2.24, 2.45) is 5.73 Å². The van der Waals surface area contributed by atoms with E-state index in [1.807, 2.05) is 29.2 Å². The van der Waals surface area contributed by atoms with Crippen molar-refractivity contribution in [2.75, 3.05) is 26.2 Å². The molecule has 2 aliphatic heterocycles. The average molecular weight is 780 g/mol. The van der Waals surface area contributed by atoms with Crippen molar-refractivity contribution in [2.45, 2.75) is 90.6 Å². The molecule has 2 fully saturated rings. The van der Waals surface area contributed by atoms with Crippen molar-refractivity contribution in [3.63, 3.8) is 0 Å². The molecule has 0 aliphatic carbocycles. The first-order chi connectivity index (χ1) is 27.1. The predicted molar refractivity (Wildman–Crippen MR) is 215 cm³/mol. The van der Waals surface area contributed by atoms with Crippen molar-refractivity contribution in [3.05, 3.63) is 105 Å². The van der Waals surface area contributed by atoms with E-state index in [1.165, 1.54) is 6.20 Å². The number of halogens is 1.